The standard InChI is InChI=1S/C19H17N3O6S/c1-2-15(16(24)20-11-8-9-14(23)13(10-11)18(25)26)29-17-19(27)28-21-22(17)12-6-4-3-5-7-12/h3-10,15,21H,2H2,1H3,(H2,25,26,27)/p+1. The van der Waals surface area contributed by atoms with Crippen LogP contribution >= 0.6 is 11.8 Å². The summed E-state index contributed by atoms with van der Waals surface area (Å²) in [6.07, 6.45) is 0.403. The fraction of sp³-hybridized carbons (Fsp3) is 0.158. The normalized spacial score (nSPS) is 11.8. The van der Waals surface area contributed by atoms with E-state index in [1.165, 1.54) is 22.9 Å². The van der Waals surface area contributed by atoms with Crippen LogP contribution in [0.3, 0.4) is 0 Å². The largest absolute Gasteiger partial charge is 0.507 e. The Labute approximate surface area is 168 Å². The highest BCUT2D eigenvalue weighted by Gasteiger charge is 2.30. The molecule has 0 fully saturated rings. The average molecular weight is 416 g/mol. The van der Waals surface area contributed by atoms with Gasteiger partial charge in [-0.1, -0.05) is 25.1 Å². The fourth-order valence-corrected chi connectivity index (χ4v) is 3.56. The number of benzene rings is 2. The van der Waals surface area contributed by atoms with Crippen molar-refractivity contribution in [3.05, 3.63) is 64.5 Å². The van der Waals surface area contributed by atoms with E-state index in [0.29, 0.717) is 12.1 Å². The number of nitrogens with one attached hydrogen (secondary N) is 2. The number of hydrogen-bond donors (Lipinski definition) is 4. The maximum Gasteiger partial charge on any atom is 0.442 e. The van der Waals surface area contributed by atoms with E-state index in [2.05, 4.69) is 10.6 Å². The number of aromatic carboxylic acids is 1. The van der Waals surface area contributed by atoms with Gasteiger partial charge in [0.25, 0.3) is 0 Å². The Bertz CT molecular complexity index is 1090. The number of aromatic amines is 1. The molecule has 0 saturated carbocycles. The number of hydrogen-bond acceptors (Lipinski definition) is 6. The Hall–Kier alpha value is -3.53. The summed E-state index contributed by atoms with van der Waals surface area (Å²) in [5.74, 6) is -2.13. The van der Waals surface area contributed by atoms with Crippen molar-refractivity contribution in [2.45, 2.75) is 23.6 Å². The lowest BCUT2D eigenvalue weighted by atomic mass is 10.1. The molecule has 0 radical (unpaired) electrons. The number of amides is 1. The van der Waals surface area contributed by atoms with Crippen molar-refractivity contribution >= 4 is 29.3 Å². The summed E-state index contributed by atoms with van der Waals surface area (Å²) < 4.78 is 6.34. The lowest BCUT2D eigenvalue weighted by Crippen LogP contribution is -2.37. The third-order valence-electron chi connectivity index (χ3n) is 4.03. The van der Waals surface area contributed by atoms with Crippen molar-refractivity contribution in [1.82, 2.24) is 5.27 Å². The van der Waals surface area contributed by atoms with Crippen molar-refractivity contribution in [3.8, 4) is 11.4 Å². The summed E-state index contributed by atoms with van der Waals surface area (Å²) in [4.78, 5) is 36.0. The number of aromatic hydroxyl groups is 1. The second kappa shape index (κ2) is 8.65. The molecule has 1 atom stereocenters. The minimum absolute atomic E-state index is 0.204. The minimum atomic E-state index is -1.31. The summed E-state index contributed by atoms with van der Waals surface area (Å²) in [5.41, 5.74) is -0.0402. The zero-order valence-electron chi connectivity index (χ0n) is 15.3. The van der Waals surface area contributed by atoms with Crippen molar-refractivity contribution in [2.75, 3.05) is 5.32 Å². The average Bonchev–Trinajstić information content (AvgIpc) is 3.08. The molecule has 0 bridgehead atoms. The third kappa shape index (κ3) is 4.49. The molecule has 0 aliphatic heterocycles. The number of carboxylic acids is 1. The summed E-state index contributed by atoms with van der Waals surface area (Å²) in [6, 6.07) is 12.8. The zero-order valence-corrected chi connectivity index (χ0v) is 16.1. The van der Waals surface area contributed by atoms with Gasteiger partial charge in [-0.25, -0.2) is 9.59 Å². The van der Waals surface area contributed by atoms with Gasteiger partial charge in [0.2, 0.25) is 11.6 Å². The van der Waals surface area contributed by atoms with Crippen LogP contribution in [0.15, 0.2) is 62.9 Å². The molecule has 3 rings (SSSR count). The first kappa shape index (κ1) is 20.2. The Kier molecular flexibility index (Phi) is 6.03. The van der Waals surface area contributed by atoms with Gasteiger partial charge in [-0.15, -0.1) is 0 Å². The molecule has 0 aliphatic carbocycles. The van der Waals surface area contributed by atoms with Gasteiger partial charge < -0.3 is 15.5 Å². The number of phenols is 1. The number of thioether (sulfide) groups is 1. The van der Waals surface area contributed by atoms with E-state index in [1.54, 1.807) is 31.2 Å². The Balaban J connectivity index is 1.82. The summed E-state index contributed by atoms with van der Waals surface area (Å²) in [6.45, 7) is 1.79. The van der Waals surface area contributed by atoms with Gasteiger partial charge >= 0.3 is 16.6 Å². The van der Waals surface area contributed by atoms with E-state index >= 15 is 0 Å². The number of aromatic nitrogens is 2. The summed E-state index contributed by atoms with van der Waals surface area (Å²) >= 11 is 1.03. The molecule has 3 aromatic rings. The molecule has 2 aromatic carbocycles. The van der Waals surface area contributed by atoms with Crippen LogP contribution in [0, 0.1) is 0 Å². The number of rotatable bonds is 7. The van der Waals surface area contributed by atoms with Crippen LogP contribution < -0.4 is 15.6 Å². The summed E-state index contributed by atoms with van der Waals surface area (Å²) in [7, 11) is 0. The number of para-hydroxylation sites is 1. The van der Waals surface area contributed by atoms with Crippen LogP contribution in [-0.2, 0) is 4.79 Å². The highest BCUT2D eigenvalue weighted by molar-refractivity contribution is 8.00. The van der Waals surface area contributed by atoms with Gasteiger partial charge in [0.05, 0.1) is 5.25 Å². The van der Waals surface area contributed by atoms with Gasteiger partial charge in [-0.2, -0.15) is 0 Å². The monoisotopic (exact) mass is 416 g/mol. The zero-order chi connectivity index (χ0) is 21.0. The molecule has 1 amide bonds. The van der Waals surface area contributed by atoms with Gasteiger partial charge in [0.15, 0.2) is 0 Å². The number of anilines is 1. The minimum Gasteiger partial charge on any atom is -0.507 e. The van der Waals surface area contributed by atoms with Crippen LogP contribution in [0.2, 0.25) is 0 Å². The van der Waals surface area contributed by atoms with Crippen LogP contribution in [0.4, 0.5) is 5.69 Å². The molecule has 0 spiro atoms. The van der Waals surface area contributed by atoms with Crippen LogP contribution in [0.5, 0.6) is 5.75 Å². The molecule has 150 valence electrons. The molecular formula is C19H18N3O6S+. The predicted octanol–water partition coefficient (Wildman–Crippen LogP) is 2.16. The molecule has 9 nitrogen and oxygen atoms in total. The van der Waals surface area contributed by atoms with Crippen LogP contribution in [0.1, 0.15) is 23.7 Å². The van der Waals surface area contributed by atoms with Gasteiger partial charge in [-0.05, 0) is 46.3 Å². The van der Waals surface area contributed by atoms with Gasteiger partial charge in [0, 0.05) is 17.8 Å². The molecule has 1 unspecified atom stereocenters. The van der Waals surface area contributed by atoms with E-state index in [4.69, 9.17) is 9.63 Å². The second-order valence-corrected chi connectivity index (χ2v) is 7.19. The fourth-order valence-electron chi connectivity index (χ4n) is 2.58. The summed E-state index contributed by atoms with van der Waals surface area (Å²) in [5, 5.41) is 23.4. The maximum absolute atomic E-state index is 12.7. The second-order valence-electron chi connectivity index (χ2n) is 6.00. The number of nitrogens with zero attached hydrogens (tertiary/aromatic N) is 1. The molecule has 29 heavy (non-hydrogen) atoms. The van der Waals surface area contributed by atoms with Crippen molar-refractivity contribution in [3.63, 3.8) is 0 Å². The predicted molar refractivity (Wildman–Crippen MR) is 104 cm³/mol. The Morgan fingerprint density at radius 3 is 2.62 bits per heavy atom. The Morgan fingerprint density at radius 2 is 1.97 bits per heavy atom. The SMILES string of the molecule is CCC(Sc1c(=O)o[nH][n+]1-c1ccccc1)C(=O)Nc1ccc(O)c(C(=O)O)c1. The van der Waals surface area contributed by atoms with Crippen molar-refractivity contribution < 1.29 is 29.0 Å². The topological polar surface area (TPSA) is 137 Å². The lowest BCUT2D eigenvalue weighted by Gasteiger charge is -2.13. The third-order valence-corrected chi connectivity index (χ3v) is 5.44. The van der Waals surface area contributed by atoms with E-state index in [9.17, 15) is 19.5 Å². The molecule has 1 heterocycles. The molecule has 0 saturated heterocycles. The number of carboxylic acid groups (broad SMARTS) is 1. The first-order chi connectivity index (χ1) is 13.9. The quantitative estimate of drug-likeness (QED) is 0.263. The molecule has 0 aliphatic rings. The first-order valence-electron chi connectivity index (χ1n) is 8.63. The molecule has 4 N–H and O–H groups in total. The van der Waals surface area contributed by atoms with Gasteiger partial charge in [-0.3, -0.25) is 9.32 Å². The Morgan fingerprint density at radius 1 is 1.24 bits per heavy atom. The smallest absolute Gasteiger partial charge is 0.442 e. The number of H-pyrrole nitrogens is 1. The molecule has 1 aromatic heterocycles. The first-order valence-corrected chi connectivity index (χ1v) is 9.51. The van der Waals surface area contributed by atoms with E-state index in [1.807, 2.05) is 6.07 Å². The lowest BCUT2D eigenvalue weighted by molar-refractivity contribution is -0.704. The van der Waals surface area contributed by atoms with Gasteiger partial charge in [0.1, 0.15) is 11.3 Å². The molecule has 10 heteroatoms. The van der Waals surface area contributed by atoms with Crippen molar-refractivity contribution in [2.24, 2.45) is 0 Å². The highest BCUT2D eigenvalue weighted by atomic mass is 32.2. The number of carbonyl (C=O) groups is 2. The maximum atomic E-state index is 12.7. The molecular weight excluding hydrogens is 398 g/mol. The van der Waals surface area contributed by atoms with Crippen molar-refractivity contribution in [1.29, 1.82) is 0 Å². The van der Waals surface area contributed by atoms with Crippen LogP contribution in [0.25, 0.3) is 5.69 Å². The van der Waals surface area contributed by atoms with Crippen LogP contribution in [-0.4, -0.2) is 32.6 Å². The highest BCUT2D eigenvalue weighted by Crippen LogP contribution is 2.25. The number of carbonyl (C=O) groups excluding carboxylic acids is 1. The van der Waals surface area contributed by atoms with E-state index in [0.717, 1.165) is 11.8 Å². The van der Waals surface area contributed by atoms with E-state index < -0.39 is 28.5 Å². The van der Waals surface area contributed by atoms with E-state index in [-0.39, 0.29) is 16.3 Å².